The molecule has 0 bridgehead atoms. The van der Waals surface area contributed by atoms with Crippen LogP contribution in [0.3, 0.4) is 0 Å². The Morgan fingerprint density at radius 1 is 1.11 bits per heavy atom. The van der Waals surface area contributed by atoms with Crippen LogP contribution in [0.1, 0.15) is 53.8 Å². The van der Waals surface area contributed by atoms with Gasteiger partial charge in [-0.05, 0) is 67.3 Å². The smallest absolute Gasteiger partial charge is 0.256 e. The minimum atomic E-state index is -3.16. The van der Waals surface area contributed by atoms with Crippen LogP contribution in [0, 0.1) is 12.7 Å². The van der Waals surface area contributed by atoms with Crippen LogP contribution in [0.15, 0.2) is 54.6 Å². The number of carbonyl (C=O) groups excluding carboxylic acids is 1. The molecule has 186 valence electrons. The number of benzene rings is 2. The number of amides is 1. The van der Waals surface area contributed by atoms with E-state index in [4.69, 9.17) is 4.98 Å². The van der Waals surface area contributed by atoms with E-state index >= 15 is 0 Å². The van der Waals surface area contributed by atoms with Crippen molar-refractivity contribution >= 4 is 32.5 Å². The van der Waals surface area contributed by atoms with Gasteiger partial charge in [0.15, 0.2) is 15.5 Å². The van der Waals surface area contributed by atoms with E-state index in [1.54, 1.807) is 29.8 Å². The first-order chi connectivity index (χ1) is 17.1. The number of rotatable bonds is 5. The van der Waals surface area contributed by atoms with E-state index in [1.807, 2.05) is 24.3 Å². The van der Waals surface area contributed by atoms with Crippen LogP contribution in [0.2, 0.25) is 0 Å². The Kier molecular flexibility index (Phi) is 6.12. The summed E-state index contributed by atoms with van der Waals surface area (Å²) in [6.45, 7) is 6.00. The van der Waals surface area contributed by atoms with Crippen LogP contribution in [-0.2, 0) is 9.84 Å². The molecule has 1 aliphatic heterocycles. The predicted octanol–water partition coefficient (Wildman–Crippen LogP) is 5.28. The summed E-state index contributed by atoms with van der Waals surface area (Å²) in [5.41, 5.74) is 4.34. The van der Waals surface area contributed by atoms with E-state index < -0.39 is 9.84 Å². The van der Waals surface area contributed by atoms with Crippen molar-refractivity contribution < 1.29 is 17.6 Å². The molecule has 0 spiro atoms. The third-order valence-corrected chi connectivity index (χ3v) is 8.36. The van der Waals surface area contributed by atoms with Gasteiger partial charge in [-0.1, -0.05) is 26.0 Å². The summed E-state index contributed by atoms with van der Waals surface area (Å²) in [5, 5.41) is 8.15. The molecule has 0 aliphatic carbocycles. The normalized spacial score (nSPS) is 17.1. The van der Waals surface area contributed by atoms with Gasteiger partial charge >= 0.3 is 0 Å². The molecule has 1 N–H and O–H groups in total. The third kappa shape index (κ3) is 4.63. The fourth-order valence-corrected chi connectivity index (χ4v) is 6.33. The van der Waals surface area contributed by atoms with Crippen LogP contribution in [0.25, 0.3) is 22.3 Å². The van der Waals surface area contributed by atoms with Crippen LogP contribution in [0.5, 0.6) is 0 Å². The number of nitrogens with one attached hydrogen (secondary N) is 1. The first-order valence-electron chi connectivity index (χ1n) is 11.9. The van der Waals surface area contributed by atoms with Gasteiger partial charge in [0.2, 0.25) is 0 Å². The average Bonchev–Trinajstić information content (AvgIpc) is 3.38. The number of nitrogens with zero attached hydrogens (tertiary/aromatic N) is 3. The first kappa shape index (κ1) is 24.1. The van der Waals surface area contributed by atoms with Crippen LogP contribution >= 0.6 is 0 Å². The van der Waals surface area contributed by atoms with Crippen molar-refractivity contribution in [3.8, 4) is 11.3 Å². The number of anilines is 1. The van der Waals surface area contributed by atoms with Gasteiger partial charge in [0, 0.05) is 11.3 Å². The minimum Gasteiger partial charge on any atom is -0.322 e. The maximum atomic E-state index is 13.6. The molecular weight excluding hydrogens is 479 g/mol. The zero-order valence-electron chi connectivity index (χ0n) is 20.3. The molecule has 3 heterocycles. The maximum absolute atomic E-state index is 13.6. The number of carbonyl (C=O) groups is 1. The Balaban J connectivity index is 1.62. The van der Waals surface area contributed by atoms with Gasteiger partial charge in [0.05, 0.1) is 39.9 Å². The van der Waals surface area contributed by atoms with Crippen molar-refractivity contribution in [1.82, 2.24) is 14.8 Å². The topological polar surface area (TPSA) is 93.9 Å². The van der Waals surface area contributed by atoms with Crippen molar-refractivity contribution in [2.45, 2.75) is 39.2 Å². The Labute approximate surface area is 209 Å². The summed E-state index contributed by atoms with van der Waals surface area (Å²) in [5.74, 6) is -0.254. The molecule has 1 aliphatic rings. The number of pyridine rings is 1. The van der Waals surface area contributed by atoms with E-state index in [-0.39, 0.29) is 29.3 Å². The summed E-state index contributed by atoms with van der Waals surface area (Å²) in [6, 6.07) is 14.9. The quantitative estimate of drug-likeness (QED) is 0.397. The van der Waals surface area contributed by atoms with Crippen LogP contribution < -0.4 is 5.32 Å². The van der Waals surface area contributed by atoms with Gasteiger partial charge < -0.3 is 5.32 Å². The molecule has 0 saturated carbocycles. The van der Waals surface area contributed by atoms with E-state index in [9.17, 15) is 17.6 Å². The molecule has 2 aromatic carbocycles. The van der Waals surface area contributed by atoms with Crippen molar-refractivity contribution in [2.75, 3.05) is 16.8 Å². The zero-order valence-corrected chi connectivity index (χ0v) is 21.1. The van der Waals surface area contributed by atoms with Crippen molar-refractivity contribution in [3.05, 3.63) is 77.2 Å². The molecule has 0 radical (unpaired) electrons. The van der Waals surface area contributed by atoms with Crippen molar-refractivity contribution in [3.63, 3.8) is 0 Å². The molecule has 36 heavy (non-hydrogen) atoms. The summed E-state index contributed by atoms with van der Waals surface area (Å²) >= 11 is 0. The Bertz CT molecular complexity index is 1560. The second-order valence-electron chi connectivity index (χ2n) is 9.58. The zero-order chi connectivity index (χ0) is 25.6. The fourth-order valence-electron chi connectivity index (χ4n) is 4.63. The fraction of sp³-hybridized carbons (Fsp3) is 0.296. The lowest BCUT2D eigenvalue weighted by atomic mass is 10.0. The first-order valence-corrected chi connectivity index (χ1v) is 13.7. The number of aryl methyl sites for hydroxylation is 1. The Hall–Kier alpha value is -3.59. The Morgan fingerprint density at radius 2 is 1.81 bits per heavy atom. The molecule has 2 aromatic heterocycles. The lowest BCUT2D eigenvalue weighted by Gasteiger charge is -2.13. The highest BCUT2D eigenvalue weighted by Crippen LogP contribution is 2.32. The summed E-state index contributed by atoms with van der Waals surface area (Å²) in [6.07, 6.45) is 0.435. The molecule has 7 nitrogen and oxygen atoms in total. The summed E-state index contributed by atoms with van der Waals surface area (Å²) in [4.78, 5) is 18.3. The molecule has 4 aromatic rings. The van der Waals surface area contributed by atoms with Crippen LogP contribution in [0.4, 0.5) is 10.1 Å². The third-order valence-electron chi connectivity index (χ3n) is 6.61. The number of hydrogen-bond acceptors (Lipinski definition) is 5. The SMILES string of the molecule is Cc1nn(C2CCS(=O)(=O)C2)c2nc(-c3ccc(F)cc3)cc(C(=O)Nc3ccc(C(C)C)cc3)c12. The lowest BCUT2D eigenvalue weighted by Crippen LogP contribution is -2.15. The summed E-state index contributed by atoms with van der Waals surface area (Å²) in [7, 11) is -3.16. The summed E-state index contributed by atoms with van der Waals surface area (Å²) < 4.78 is 39.5. The van der Waals surface area contributed by atoms with E-state index in [0.29, 0.717) is 51.6 Å². The monoisotopic (exact) mass is 506 g/mol. The highest BCUT2D eigenvalue weighted by Gasteiger charge is 2.32. The standard InChI is InChI=1S/C27H27FN4O3S/c1-16(2)18-6-10-21(11-7-18)29-27(33)23-14-24(19-4-8-20(28)9-5-19)30-26-25(23)17(3)31-32(26)22-12-13-36(34,35)15-22/h4-11,14,16,22H,12-13,15H2,1-3H3,(H,29,33). The number of halogens is 1. The van der Waals surface area contributed by atoms with Gasteiger partial charge in [-0.15, -0.1) is 0 Å². The second kappa shape index (κ2) is 9.13. The second-order valence-corrected chi connectivity index (χ2v) is 11.8. The van der Waals surface area contributed by atoms with E-state index in [0.717, 1.165) is 0 Å². The number of aromatic nitrogens is 3. The lowest BCUT2D eigenvalue weighted by molar-refractivity contribution is 0.102. The van der Waals surface area contributed by atoms with Gasteiger partial charge in [0.25, 0.3) is 5.91 Å². The Morgan fingerprint density at radius 3 is 2.42 bits per heavy atom. The number of sulfone groups is 1. The largest absolute Gasteiger partial charge is 0.322 e. The number of hydrogen-bond donors (Lipinski definition) is 1. The van der Waals surface area contributed by atoms with E-state index in [2.05, 4.69) is 24.3 Å². The van der Waals surface area contributed by atoms with Crippen molar-refractivity contribution in [2.24, 2.45) is 0 Å². The van der Waals surface area contributed by atoms with E-state index in [1.165, 1.54) is 17.7 Å². The predicted molar refractivity (Wildman–Crippen MR) is 138 cm³/mol. The highest BCUT2D eigenvalue weighted by molar-refractivity contribution is 7.91. The van der Waals surface area contributed by atoms with Gasteiger partial charge in [-0.3, -0.25) is 4.79 Å². The maximum Gasteiger partial charge on any atom is 0.256 e. The molecule has 1 amide bonds. The molecule has 1 unspecified atom stereocenters. The minimum absolute atomic E-state index is 0.0184. The van der Waals surface area contributed by atoms with Gasteiger partial charge in [0.1, 0.15) is 5.82 Å². The molecule has 1 fully saturated rings. The average molecular weight is 507 g/mol. The van der Waals surface area contributed by atoms with Crippen molar-refractivity contribution in [1.29, 1.82) is 0 Å². The molecule has 1 atom stereocenters. The van der Waals surface area contributed by atoms with Gasteiger partial charge in [-0.2, -0.15) is 5.10 Å². The highest BCUT2D eigenvalue weighted by atomic mass is 32.2. The molecular formula is C27H27FN4O3S. The number of fused-ring (bicyclic) bond motifs is 1. The molecule has 1 saturated heterocycles. The van der Waals surface area contributed by atoms with Gasteiger partial charge in [-0.25, -0.2) is 22.5 Å². The van der Waals surface area contributed by atoms with Crippen LogP contribution in [-0.4, -0.2) is 40.6 Å². The molecule has 5 rings (SSSR count). The molecule has 9 heteroatoms.